The van der Waals surface area contributed by atoms with Gasteiger partial charge in [0.05, 0.1) is 5.57 Å². The first-order valence-electron chi connectivity index (χ1n) is 7.21. The highest BCUT2D eigenvalue weighted by Crippen LogP contribution is 2.36. The summed E-state index contributed by atoms with van der Waals surface area (Å²) in [4.78, 5) is 13.3. The number of phenolic OH excluding ortho intramolecular Hbond substituents is 1. The largest absolute Gasteiger partial charge is 0.508 e. The molecule has 0 atom stereocenters. The molecule has 2 heterocycles. The highest BCUT2D eigenvalue weighted by Gasteiger charge is 2.24. The van der Waals surface area contributed by atoms with Gasteiger partial charge in [-0.15, -0.1) is 11.3 Å². The Hall–Kier alpha value is -2.85. The zero-order valence-corrected chi connectivity index (χ0v) is 12.9. The number of fused-ring (bicyclic) bond motifs is 1. The molecule has 0 spiro atoms. The number of carbonyl (C=O) groups is 1. The molecule has 112 valence electrons. The number of rotatable bonds is 2. The van der Waals surface area contributed by atoms with Crippen LogP contribution in [0.2, 0.25) is 0 Å². The zero-order valence-electron chi connectivity index (χ0n) is 12.1. The van der Waals surface area contributed by atoms with Crippen LogP contribution in [0.4, 0.5) is 5.69 Å². The minimum Gasteiger partial charge on any atom is -0.508 e. The van der Waals surface area contributed by atoms with Gasteiger partial charge < -0.3 is 10.4 Å². The molecule has 0 saturated carbocycles. The first kappa shape index (κ1) is 13.8. The van der Waals surface area contributed by atoms with Crippen LogP contribution in [0, 0.1) is 0 Å². The van der Waals surface area contributed by atoms with Crippen molar-refractivity contribution in [2.75, 3.05) is 5.32 Å². The second-order valence-electron chi connectivity index (χ2n) is 5.33. The minimum atomic E-state index is -0.0729. The number of hydrogen-bond donors (Lipinski definition) is 2. The summed E-state index contributed by atoms with van der Waals surface area (Å²) >= 11 is 1.61. The maximum Gasteiger partial charge on any atom is 0.256 e. The second kappa shape index (κ2) is 5.41. The maximum atomic E-state index is 12.2. The molecule has 1 aliphatic heterocycles. The van der Waals surface area contributed by atoms with Gasteiger partial charge >= 0.3 is 0 Å². The first-order chi connectivity index (χ1) is 11.2. The molecule has 0 saturated heterocycles. The van der Waals surface area contributed by atoms with Crippen LogP contribution < -0.4 is 5.32 Å². The van der Waals surface area contributed by atoms with Gasteiger partial charge in [-0.2, -0.15) is 0 Å². The van der Waals surface area contributed by atoms with Gasteiger partial charge in [0.2, 0.25) is 0 Å². The van der Waals surface area contributed by atoms with Crippen LogP contribution in [0.15, 0.2) is 60.0 Å². The van der Waals surface area contributed by atoms with Crippen LogP contribution in [0.5, 0.6) is 5.75 Å². The van der Waals surface area contributed by atoms with Crippen molar-refractivity contribution >= 4 is 34.6 Å². The van der Waals surface area contributed by atoms with E-state index in [0.29, 0.717) is 5.57 Å². The molecule has 2 aromatic carbocycles. The number of amides is 1. The summed E-state index contributed by atoms with van der Waals surface area (Å²) in [6.45, 7) is 0. The third-order valence-electron chi connectivity index (χ3n) is 3.83. The Morgan fingerprint density at radius 2 is 1.78 bits per heavy atom. The number of carbonyl (C=O) groups excluding carboxylic acids is 1. The smallest absolute Gasteiger partial charge is 0.256 e. The van der Waals surface area contributed by atoms with Crippen molar-refractivity contribution in [1.82, 2.24) is 0 Å². The second-order valence-corrected chi connectivity index (χ2v) is 6.31. The van der Waals surface area contributed by atoms with Crippen LogP contribution in [-0.2, 0) is 4.79 Å². The minimum absolute atomic E-state index is 0.0729. The fraction of sp³-hybridized carbons (Fsp3) is 0. The van der Waals surface area contributed by atoms with E-state index in [1.54, 1.807) is 23.5 Å². The summed E-state index contributed by atoms with van der Waals surface area (Å²) in [5.74, 6) is 0.167. The Bertz CT molecular complexity index is 909. The van der Waals surface area contributed by atoms with Gasteiger partial charge in [-0.25, -0.2) is 0 Å². The average Bonchev–Trinajstić information content (AvgIpc) is 3.16. The molecule has 0 fully saturated rings. The van der Waals surface area contributed by atoms with E-state index < -0.39 is 0 Å². The normalized spacial score (nSPS) is 14.8. The van der Waals surface area contributed by atoms with E-state index in [-0.39, 0.29) is 11.7 Å². The average molecular weight is 319 g/mol. The summed E-state index contributed by atoms with van der Waals surface area (Å²) in [5.41, 5.74) is 4.44. The van der Waals surface area contributed by atoms with E-state index in [4.69, 9.17) is 0 Å². The van der Waals surface area contributed by atoms with Crippen LogP contribution in [0.25, 0.3) is 22.8 Å². The molecule has 0 bridgehead atoms. The van der Waals surface area contributed by atoms with Crippen molar-refractivity contribution < 1.29 is 9.90 Å². The van der Waals surface area contributed by atoms with E-state index in [1.165, 1.54) is 0 Å². The molecule has 3 aromatic rings. The van der Waals surface area contributed by atoms with Gasteiger partial charge in [0, 0.05) is 16.1 Å². The van der Waals surface area contributed by atoms with Gasteiger partial charge in [-0.05, 0) is 46.8 Å². The van der Waals surface area contributed by atoms with E-state index in [0.717, 1.165) is 27.3 Å². The molecular formula is C19H13NO2S. The molecule has 0 aliphatic carbocycles. The SMILES string of the molecule is O=C1Nc2cc(-c3ccc(O)cc3)ccc2/C1=C/c1cccs1. The quantitative estimate of drug-likeness (QED) is 0.678. The highest BCUT2D eigenvalue weighted by atomic mass is 32.1. The predicted molar refractivity (Wildman–Crippen MR) is 94.4 cm³/mol. The monoisotopic (exact) mass is 319 g/mol. The molecule has 2 N–H and O–H groups in total. The van der Waals surface area contributed by atoms with Gasteiger partial charge in [-0.3, -0.25) is 4.79 Å². The fourth-order valence-electron chi connectivity index (χ4n) is 2.69. The van der Waals surface area contributed by atoms with Crippen molar-refractivity contribution in [3.05, 3.63) is 70.4 Å². The van der Waals surface area contributed by atoms with E-state index >= 15 is 0 Å². The molecule has 3 nitrogen and oxygen atoms in total. The summed E-state index contributed by atoms with van der Waals surface area (Å²) in [6, 6.07) is 16.9. The van der Waals surface area contributed by atoms with Crippen molar-refractivity contribution in [1.29, 1.82) is 0 Å². The lowest BCUT2D eigenvalue weighted by Crippen LogP contribution is -2.03. The van der Waals surface area contributed by atoms with Crippen molar-refractivity contribution in [3.8, 4) is 16.9 Å². The van der Waals surface area contributed by atoms with Gasteiger partial charge in [0.25, 0.3) is 5.91 Å². The Labute approximate surface area is 137 Å². The van der Waals surface area contributed by atoms with E-state index in [1.807, 2.05) is 53.9 Å². The highest BCUT2D eigenvalue weighted by molar-refractivity contribution is 7.11. The fourth-order valence-corrected chi connectivity index (χ4v) is 3.34. The summed E-state index contributed by atoms with van der Waals surface area (Å²) < 4.78 is 0. The maximum absolute atomic E-state index is 12.2. The van der Waals surface area contributed by atoms with Crippen LogP contribution in [0.1, 0.15) is 10.4 Å². The number of phenols is 1. The van der Waals surface area contributed by atoms with Crippen molar-refractivity contribution in [3.63, 3.8) is 0 Å². The van der Waals surface area contributed by atoms with Crippen LogP contribution in [-0.4, -0.2) is 11.0 Å². The van der Waals surface area contributed by atoms with E-state index in [2.05, 4.69) is 5.32 Å². The summed E-state index contributed by atoms with van der Waals surface area (Å²) in [5, 5.41) is 14.3. The zero-order chi connectivity index (χ0) is 15.8. The molecule has 23 heavy (non-hydrogen) atoms. The van der Waals surface area contributed by atoms with E-state index in [9.17, 15) is 9.90 Å². The molecule has 1 amide bonds. The molecule has 1 aromatic heterocycles. The van der Waals surface area contributed by atoms with Gasteiger partial charge in [0.1, 0.15) is 5.75 Å². The number of nitrogens with one attached hydrogen (secondary N) is 1. The third-order valence-corrected chi connectivity index (χ3v) is 4.65. The first-order valence-corrected chi connectivity index (χ1v) is 8.09. The molecule has 4 rings (SSSR count). The molecule has 4 heteroatoms. The van der Waals surface area contributed by atoms with Crippen LogP contribution in [0.3, 0.4) is 0 Å². The Balaban J connectivity index is 1.75. The summed E-state index contributed by atoms with van der Waals surface area (Å²) in [7, 11) is 0. The molecule has 1 aliphatic rings. The van der Waals surface area contributed by atoms with Gasteiger partial charge in [-0.1, -0.05) is 30.3 Å². The van der Waals surface area contributed by atoms with Gasteiger partial charge in [0.15, 0.2) is 0 Å². The Kier molecular flexibility index (Phi) is 3.24. The Morgan fingerprint density at radius 1 is 1.00 bits per heavy atom. The molecule has 0 radical (unpaired) electrons. The number of thiophene rings is 1. The number of hydrogen-bond acceptors (Lipinski definition) is 3. The lowest BCUT2D eigenvalue weighted by Gasteiger charge is -2.05. The standard InChI is InChI=1S/C19H13NO2S/c21-14-6-3-12(4-7-14)13-5-8-16-17(11-15-2-1-9-23-15)19(22)20-18(16)10-13/h1-11,21H,(H,20,22)/b17-11-. The lowest BCUT2D eigenvalue weighted by atomic mass is 10.00. The lowest BCUT2D eigenvalue weighted by molar-refractivity contribution is -0.110. The van der Waals surface area contributed by atoms with Crippen molar-refractivity contribution in [2.24, 2.45) is 0 Å². The topological polar surface area (TPSA) is 49.3 Å². The van der Waals surface area contributed by atoms with Crippen LogP contribution >= 0.6 is 11.3 Å². The van der Waals surface area contributed by atoms with Crippen molar-refractivity contribution in [2.45, 2.75) is 0 Å². The number of benzene rings is 2. The molecular weight excluding hydrogens is 306 g/mol. The summed E-state index contributed by atoms with van der Waals surface area (Å²) in [6.07, 6.45) is 1.92. The third kappa shape index (κ3) is 2.53. The Morgan fingerprint density at radius 3 is 2.52 bits per heavy atom. The number of aromatic hydroxyl groups is 1. The molecule has 0 unspecified atom stereocenters. The number of anilines is 1. The predicted octanol–water partition coefficient (Wildman–Crippen LogP) is 4.61.